The summed E-state index contributed by atoms with van der Waals surface area (Å²) in [5.74, 6) is -1.04. The minimum absolute atomic E-state index is 0.0324. The van der Waals surface area contributed by atoms with Crippen LogP contribution in [0, 0.1) is 34.1 Å². The van der Waals surface area contributed by atoms with Gasteiger partial charge in [-0.15, -0.1) is 0 Å². The van der Waals surface area contributed by atoms with E-state index in [0.717, 1.165) is 0 Å². The van der Waals surface area contributed by atoms with Gasteiger partial charge in [0.15, 0.2) is 17.6 Å². The van der Waals surface area contributed by atoms with Gasteiger partial charge in [0.25, 0.3) is 0 Å². The molecule has 0 aliphatic heterocycles. The summed E-state index contributed by atoms with van der Waals surface area (Å²) in [6.45, 7) is 18.4. The van der Waals surface area contributed by atoms with Crippen LogP contribution in [0.5, 0.6) is 0 Å². The first kappa shape index (κ1) is 42.7. The molecule has 1 atom stereocenters. The molecule has 19 heteroatoms. The van der Waals surface area contributed by atoms with Crippen LogP contribution in [0.3, 0.4) is 0 Å². The van der Waals surface area contributed by atoms with Crippen molar-refractivity contribution in [1.82, 2.24) is 19.6 Å². The lowest BCUT2D eigenvalue weighted by Gasteiger charge is -2.21. The SMILES string of the molecule is CCOC(=O)/C(C)=C/c1c([N+](=O)[O-])c(C)nn1CC.CCOC(=O)C(C)P(=O)(OCC)OCC.CCn1nc(C)c([N+](=O)[O-])c1C=O. The third-order valence-electron chi connectivity index (χ3n) is 6.01. The van der Waals surface area contributed by atoms with E-state index in [2.05, 4.69) is 10.2 Å². The van der Waals surface area contributed by atoms with Crippen LogP contribution >= 0.6 is 7.60 Å². The van der Waals surface area contributed by atoms with Crippen LogP contribution < -0.4 is 0 Å². The monoisotopic (exact) mass is 688 g/mol. The first-order valence-corrected chi connectivity index (χ1v) is 16.5. The van der Waals surface area contributed by atoms with Crippen molar-refractivity contribution >= 4 is 43.3 Å². The Kier molecular flexibility index (Phi) is 18.9. The van der Waals surface area contributed by atoms with Crippen molar-refractivity contribution < 1.29 is 47.3 Å². The van der Waals surface area contributed by atoms with Crippen molar-refractivity contribution in [3.8, 4) is 0 Å². The highest BCUT2D eigenvalue weighted by atomic mass is 31.2. The lowest BCUT2D eigenvalue weighted by molar-refractivity contribution is -0.385. The largest absolute Gasteiger partial charge is 0.465 e. The van der Waals surface area contributed by atoms with E-state index in [1.807, 2.05) is 6.92 Å². The Morgan fingerprint density at radius 1 is 0.830 bits per heavy atom. The zero-order valence-corrected chi connectivity index (χ0v) is 29.4. The molecule has 0 aliphatic rings. The summed E-state index contributed by atoms with van der Waals surface area (Å²) < 4.78 is 34.6. The smallest absolute Gasteiger partial charge is 0.344 e. The van der Waals surface area contributed by atoms with Crippen LogP contribution in [0.25, 0.3) is 6.08 Å². The third kappa shape index (κ3) is 12.1. The van der Waals surface area contributed by atoms with E-state index in [1.54, 1.807) is 48.5 Å². The Labute approximate surface area is 273 Å². The molecule has 0 N–H and O–H groups in total. The molecule has 0 bridgehead atoms. The number of esters is 2. The fraction of sp³-hybridized carbons (Fsp3) is 0.607. The predicted octanol–water partition coefficient (Wildman–Crippen LogP) is 5.22. The number of aromatic nitrogens is 4. The highest BCUT2D eigenvalue weighted by Gasteiger charge is 2.38. The van der Waals surface area contributed by atoms with E-state index in [4.69, 9.17) is 18.5 Å². The maximum Gasteiger partial charge on any atom is 0.344 e. The Balaban J connectivity index is 0.000000689. The minimum atomic E-state index is -3.37. The average molecular weight is 689 g/mol. The summed E-state index contributed by atoms with van der Waals surface area (Å²) in [6, 6.07) is 0. The molecule has 0 saturated carbocycles. The zero-order valence-electron chi connectivity index (χ0n) is 28.5. The van der Waals surface area contributed by atoms with Gasteiger partial charge in [0.1, 0.15) is 17.1 Å². The Bertz CT molecular complexity index is 1460. The molecule has 2 rings (SSSR count). The van der Waals surface area contributed by atoms with Crippen LogP contribution in [0.2, 0.25) is 0 Å². The van der Waals surface area contributed by atoms with Gasteiger partial charge in [-0.3, -0.25) is 43.7 Å². The molecule has 0 saturated heterocycles. The molecule has 264 valence electrons. The van der Waals surface area contributed by atoms with Crippen molar-refractivity contribution in [3.63, 3.8) is 0 Å². The Morgan fingerprint density at radius 2 is 1.26 bits per heavy atom. The molecule has 2 aromatic heterocycles. The number of hydrogen-bond acceptors (Lipinski definition) is 14. The molecule has 0 aliphatic carbocycles. The molecule has 0 fully saturated rings. The lowest BCUT2D eigenvalue weighted by Crippen LogP contribution is -2.22. The van der Waals surface area contributed by atoms with Crippen LogP contribution in [-0.4, -0.2) is 79.7 Å². The van der Waals surface area contributed by atoms with Gasteiger partial charge in [0, 0.05) is 18.7 Å². The van der Waals surface area contributed by atoms with Gasteiger partial charge in [-0.05, 0) is 75.3 Å². The van der Waals surface area contributed by atoms with Crippen LogP contribution in [0.4, 0.5) is 11.4 Å². The molecule has 0 aromatic carbocycles. The molecule has 1 unspecified atom stereocenters. The van der Waals surface area contributed by atoms with Crippen molar-refractivity contribution in [1.29, 1.82) is 0 Å². The van der Waals surface area contributed by atoms with E-state index < -0.39 is 35.0 Å². The van der Waals surface area contributed by atoms with Gasteiger partial charge in [0.05, 0.1) is 36.3 Å². The molecular weight excluding hydrogens is 643 g/mol. The second-order valence-electron chi connectivity index (χ2n) is 9.25. The summed E-state index contributed by atoms with van der Waals surface area (Å²) in [5.41, 5.74) is 0.100. The zero-order chi connectivity index (χ0) is 36.5. The van der Waals surface area contributed by atoms with Gasteiger partial charge in [-0.2, -0.15) is 10.2 Å². The molecule has 2 aromatic rings. The number of aryl methyl sites for hydroxylation is 4. The maximum absolute atomic E-state index is 12.1. The van der Waals surface area contributed by atoms with E-state index in [0.29, 0.717) is 36.3 Å². The second-order valence-corrected chi connectivity index (χ2v) is 11.6. The van der Waals surface area contributed by atoms with Gasteiger partial charge in [-0.25, -0.2) is 4.79 Å². The topological polar surface area (TPSA) is 227 Å². The standard InChI is InChI=1S/C12H17N3O4.C9H19O5P.C7H9N3O3/c1-5-14-10(7-8(3)12(16)19-6-2)11(15(17)18)9(4)13-14;1-5-12-9(10)8(4)15(11,13-6-2)14-7-3;1-3-9-6(4-11)7(10(12)13)5(2)8-9/h7H,5-6H2,1-4H3;8H,5-7H2,1-4H3;4H,3H2,1-2H3/b8-7+;;. The molecule has 47 heavy (non-hydrogen) atoms. The maximum atomic E-state index is 12.1. The number of ether oxygens (including phenoxy) is 2. The Morgan fingerprint density at radius 3 is 1.62 bits per heavy atom. The van der Waals surface area contributed by atoms with E-state index >= 15 is 0 Å². The summed E-state index contributed by atoms with van der Waals surface area (Å²) in [4.78, 5) is 54.0. The number of hydrogen-bond donors (Lipinski definition) is 0. The molecule has 0 radical (unpaired) electrons. The predicted molar refractivity (Wildman–Crippen MR) is 171 cm³/mol. The van der Waals surface area contributed by atoms with Crippen LogP contribution in [0.15, 0.2) is 5.57 Å². The summed E-state index contributed by atoms with van der Waals surface area (Å²) in [7, 11) is -3.37. The van der Waals surface area contributed by atoms with Crippen molar-refractivity contribution in [2.45, 2.75) is 88.0 Å². The first-order valence-electron chi connectivity index (χ1n) is 14.8. The van der Waals surface area contributed by atoms with Crippen molar-refractivity contribution in [2.75, 3.05) is 26.4 Å². The van der Waals surface area contributed by atoms with E-state index in [-0.39, 0.29) is 49.2 Å². The van der Waals surface area contributed by atoms with Crippen molar-refractivity contribution in [3.05, 3.63) is 48.6 Å². The average Bonchev–Trinajstić information content (AvgIpc) is 3.52. The highest BCUT2D eigenvalue weighted by molar-refractivity contribution is 7.55. The van der Waals surface area contributed by atoms with Gasteiger partial charge in [0.2, 0.25) is 0 Å². The van der Waals surface area contributed by atoms with Crippen molar-refractivity contribution in [2.24, 2.45) is 0 Å². The second kappa shape index (κ2) is 20.8. The van der Waals surface area contributed by atoms with Gasteiger partial charge < -0.3 is 18.5 Å². The molecule has 0 amide bonds. The molecule has 0 spiro atoms. The fourth-order valence-corrected chi connectivity index (χ4v) is 5.47. The van der Waals surface area contributed by atoms with E-state index in [9.17, 15) is 39.2 Å². The number of carbonyl (C=O) groups is 3. The minimum Gasteiger partial charge on any atom is -0.465 e. The van der Waals surface area contributed by atoms with E-state index in [1.165, 1.54) is 29.3 Å². The third-order valence-corrected chi connectivity index (χ3v) is 8.41. The first-order chi connectivity index (χ1) is 22.0. The number of carbonyl (C=O) groups excluding carboxylic acids is 3. The molecule has 18 nitrogen and oxygen atoms in total. The quantitative estimate of drug-likeness (QED) is 0.0583. The normalized spacial score (nSPS) is 11.7. The number of nitro groups is 2. The summed E-state index contributed by atoms with van der Waals surface area (Å²) >= 11 is 0. The molecular formula is C28H45N6O12P. The fourth-order valence-electron chi connectivity index (χ4n) is 3.89. The number of rotatable bonds is 15. The highest BCUT2D eigenvalue weighted by Crippen LogP contribution is 2.53. The van der Waals surface area contributed by atoms with Crippen LogP contribution in [0.1, 0.15) is 83.0 Å². The van der Waals surface area contributed by atoms with Gasteiger partial charge in [-0.1, -0.05) is 0 Å². The number of aldehydes is 1. The number of nitrogens with zero attached hydrogens (tertiary/aromatic N) is 6. The van der Waals surface area contributed by atoms with Gasteiger partial charge >= 0.3 is 30.9 Å². The Hall–Kier alpha value is -4.28. The molecule has 2 heterocycles. The lowest BCUT2D eigenvalue weighted by atomic mass is 10.2. The van der Waals surface area contributed by atoms with Crippen LogP contribution in [-0.2, 0) is 45.8 Å². The summed E-state index contributed by atoms with van der Waals surface area (Å²) in [6.07, 6.45) is 1.90. The summed E-state index contributed by atoms with van der Waals surface area (Å²) in [5, 5.41) is 29.5.